The number of nitriles is 1. The molecule has 84 valence electrons. The van der Waals surface area contributed by atoms with Crippen molar-refractivity contribution >= 4 is 5.97 Å². The highest BCUT2D eigenvalue weighted by atomic mass is 16.6. The van der Waals surface area contributed by atoms with Gasteiger partial charge in [0.15, 0.2) is 0 Å². The quantitative estimate of drug-likeness (QED) is 0.715. The molecule has 0 unspecified atom stereocenters. The first-order chi connectivity index (χ1) is 7.44. The van der Waals surface area contributed by atoms with Crippen molar-refractivity contribution < 1.29 is 9.53 Å². The molecule has 3 nitrogen and oxygen atoms in total. The maximum Gasteiger partial charge on any atom is 0.338 e. The first-order valence-corrected chi connectivity index (χ1v) is 5.12. The van der Waals surface area contributed by atoms with E-state index in [4.69, 9.17) is 10.00 Å². The van der Waals surface area contributed by atoms with Crippen LogP contribution in [0.2, 0.25) is 0 Å². The van der Waals surface area contributed by atoms with Crippen LogP contribution < -0.4 is 0 Å². The number of carbonyl (C=O) groups excluding carboxylic acids is 1. The van der Waals surface area contributed by atoms with Crippen molar-refractivity contribution in [1.82, 2.24) is 0 Å². The number of hydrogen-bond acceptors (Lipinski definition) is 3. The average molecular weight is 217 g/mol. The molecule has 1 aromatic rings. The molecule has 3 heteroatoms. The molecule has 0 saturated carbocycles. The summed E-state index contributed by atoms with van der Waals surface area (Å²) in [5, 5.41) is 8.66. The van der Waals surface area contributed by atoms with Gasteiger partial charge in [-0.25, -0.2) is 4.79 Å². The Bertz CT molecular complexity index is 424. The molecule has 0 atom stereocenters. The summed E-state index contributed by atoms with van der Waals surface area (Å²) in [6.07, 6.45) is 0.218. The van der Waals surface area contributed by atoms with Crippen LogP contribution in [0.1, 0.15) is 36.7 Å². The highest BCUT2D eigenvalue weighted by Crippen LogP contribution is 2.15. The van der Waals surface area contributed by atoms with Crippen LogP contribution in [0, 0.1) is 11.3 Å². The molecule has 0 bridgehead atoms. The Morgan fingerprint density at radius 1 is 1.38 bits per heavy atom. The fourth-order valence-electron chi connectivity index (χ4n) is 1.29. The zero-order chi connectivity index (χ0) is 12.2. The Balaban J connectivity index is 2.96. The number of esters is 1. The van der Waals surface area contributed by atoms with E-state index in [2.05, 4.69) is 0 Å². The van der Waals surface area contributed by atoms with Crippen molar-refractivity contribution in [2.45, 2.75) is 32.8 Å². The van der Waals surface area contributed by atoms with Gasteiger partial charge in [-0.05, 0) is 32.4 Å². The molecule has 1 rings (SSSR count). The van der Waals surface area contributed by atoms with Gasteiger partial charge in [-0.3, -0.25) is 0 Å². The fourth-order valence-corrected chi connectivity index (χ4v) is 1.29. The molecule has 0 amide bonds. The molecule has 0 aliphatic heterocycles. The van der Waals surface area contributed by atoms with E-state index >= 15 is 0 Å². The molecule has 0 heterocycles. The Morgan fingerprint density at radius 2 is 2.00 bits per heavy atom. The lowest BCUT2D eigenvalue weighted by molar-refractivity contribution is 0.00686. The minimum Gasteiger partial charge on any atom is -0.456 e. The topological polar surface area (TPSA) is 50.1 Å². The van der Waals surface area contributed by atoms with Gasteiger partial charge in [-0.15, -0.1) is 0 Å². The molecule has 1 aromatic carbocycles. The lowest BCUT2D eigenvalue weighted by Gasteiger charge is -2.20. The van der Waals surface area contributed by atoms with Gasteiger partial charge >= 0.3 is 5.97 Å². The van der Waals surface area contributed by atoms with Gasteiger partial charge in [0.05, 0.1) is 18.1 Å². The van der Waals surface area contributed by atoms with Gasteiger partial charge in [-0.2, -0.15) is 5.26 Å². The maximum atomic E-state index is 11.8. The third-order valence-corrected chi connectivity index (χ3v) is 1.91. The number of hydrogen-bond donors (Lipinski definition) is 0. The van der Waals surface area contributed by atoms with Crippen LogP contribution in [0.15, 0.2) is 24.3 Å². The van der Waals surface area contributed by atoms with Crippen LogP contribution in [0.3, 0.4) is 0 Å². The van der Waals surface area contributed by atoms with Gasteiger partial charge in [0.1, 0.15) is 5.60 Å². The van der Waals surface area contributed by atoms with E-state index in [1.54, 1.807) is 24.3 Å². The van der Waals surface area contributed by atoms with Gasteiger partial charge in [0.2, 0.25) is 0 Å². The molecule has 16 heavy (non-hydrogen) atoms. The summed E-state index contributed by atoms with van der Waals surface area (Å²) in [5.41, 5.74) is 0.662. The summed E-state index contributed by atoms with van der Waals surface area (Å²) in [4.78, 5) is 11.8. The van der Waals surface area contributed by atoms with Gasteiger partial charge in [0, 0.05) is 0 Å². The van der Waals surface area contributed by atoms with Crippen LogP contribution in [0.4, 0.5) is 0 Å². The van der Waals surface area contributed by atoms with Crippen molar-refractivity contribution in [3.8, 4) is 6.07 Å². The van der Waals surface area contributed by atoms with Gasteiger partial charge in [-0.1, -0.05) is 18.2 Å². The molecule has 0 radical (unpaired) electrons. The Kier molecular flexibility index (Phi) is 3.68. The summed E-state index contributed by atoms with van der Waals surface area (Å²) in [6, 6.07) is 9.05. The molecule has 0 spiro atoms. The largest absolute Gasteiger partial charge is 0.456 e. The number of rotatable bonds is 2. The van der Waals surface area contributed by atoms with Gasteiger partial charge < -0.3 is 4.74 Å². The van der Waals surface area contributed by atoms with E-state index in [1.807, 2.05) is 26.8 Å². The first-order valence-electron chi connectivity index (χ1n) is 5.12. The second-order valence-corrected chi connectivity index (χ2v) is 4.49. The zero-order valence-corrected chi connectivity index (χ0v) is 9.78. The van der Waals surface area contributed by atoms with Crippen molar-refractivity contribution in [1.29, 1.82) is 5.26 Å². The second-order valence-electron chi connectivity index (χ2n) is 4.49. The minimum atomic E-state index is -0.517. The van der Waals surface area contributed by atoms with Crippen molar-refractivity contribution in [3.05, 3.63) is 35.4 Å². The minimum absolute atomic E-state index is 0.218. The summed E-state index contributed by atoms with van der Waals surface area (Å²) in [5.74, 6) is -0.377. The second kappa shape index (κ2) is 4.80. The smallest absolute Gasteiger partial charge is 0.338 e. The number of nitrogens with zero attached hydrogens (tertiary/aromatic N) is 1. The molecule has 0 fully saturated rings. The van der Waals surface area contributed by atoms with Crippen LogP contribution >= 0.6 is 0 Å². The third-order valence-electron chi connectivity index (χ3n) is 1.91. The summed E-state index contributed by atoms with van der Waals surface area (Å²) in [6.45, 7) is 5.45. The molecule has 0 aliphatic rings. The standard InChI is InChI=1S/C13H15NO2/c1-13(2,3)16-12(15)11-7-5-4-6-10(11)8-9-14/h4-7H,8H2,1-3H3. The van der Waals surface area contributed by atoms with Crippen molar-refractivity contribution in [3.63, 3.8) is 0 Å². The van der Waals surface area contributed by atoms with E-state index < -0.39 is 5.60 Å². The SMILES string of the molecule is CC(C)(C)OC(=O)c1ccccc1CC#N. The average Bonchev–Trinajstić information content (AvgIpc) is 2.16. The highest BCUT2D eigenvalue weighted by Gasteiger charge is 2.19. The van der Waals surface area contributed by atoms with Crippen LogP contribution in [0.25, 0.3) is 0 Å². The van der Waals surface area contributed by atoms with Gasteiger partial charge in [0.25, 0.3) is 0 Å². The Hall–Kier alpha value is -1.82. The van der Waals surface area contributed by atoms with Crippen molar-refractivity contribution in [2.24, 2.45) is 0 Å². The number of carbonyl (C=O) groups is 1. The summed E-state index contributed by atoms with van der Waals surface area (Å²) in [7, 11) is 0. The molecule has 0 N–H and O–H groups in total. The molecular formula is C13H15NO2. The first kappa shape index (κ1) is 12.3. The Morgan fingerprint density at radius 3 is 2.56 bits per heavy atom. The maximum absolute atomic E-state index is 11.8. The van der Waals surface area contributed by atoms with Crippen molar-refractivity contribution in [2.75, 3.05) is 0 Å². The fraction of sp³-hybridized carbons (Fsp3) is 0.385. The predicted molar refractivity (Wildman–Crippen MR) is 60.9 cm³/mol. The van der Waals surface area contributed by atoms with E-state index in [9.17, 15) is 4.79 Å². The molecule has 0 aliphatic carbocycles. The van der Waals surface area contributed by atoms with E-state index in [0.29, 0.717) is 11.1 Å². The monoisotopic (exact) mass is 217 g/mol. The van der Waals surface area contributed by atoms with E-state index in [0.717, 1.165) is 0 Å². The normalized spacial score (nSPS) is 10.6. The predicted octanol–water partition coefficient (Wildman–Crippen LogP) is 2.71. The van der Waals surface area contributed by atoms with E-state index in [-0.39, 0.29) is 12.4 Å². The summed E-state index contributed by atoms with van der Waals surface area (Å²) >= 11 is 0. The lowest BCUT2D eigenvalue weighted by Crippen LogP contribution is -2.24. The number of ether oxygens (including phenoxy) is 1. The van der Waals surface area contributed by atoms with Crippen LogP contribution in [-0.2, 0) is 11.2 Å². The van der Waals surface area contributed by atoms with Crippen LogP contribution in [-0.4, -0.2) is 11.6 Å². The molecule has 0 saturated heterocycles. The molecular weight excluding hydrogens is 202 g/mol. The highest BCUT2D eigenvalue weighted by molar-refractivity contribution is 5.91. The Labute approximate surface area is 95.7 Å². The zero-order valence-electron chi connectivity index (χ0n) is 9.78. The lowest BCUT2D eigenvalue weighted by atomic mass is 10.1. The number of benzene rings is 1. The van der Waals surface area contributed by atoms with Crippen LogP contribution in [0.5, 0.6) is 0 Å². The summed E-state index contributed by atoms with van der Waals surface area (Å²) < 4.78 is 5.26. The molecule has 0 aromatic heterocycles. The third kappa shape index (κ3) is 3.39. The van der Waals surface area contributed by atoms with E-state index in [1.165, 1.54) is 0 Å².